The molecule has 1 aromatic rings. The number of carbonyl (C=O) groups excluding carboxylic acids is 1. The summed E-state index contributed by atoms with van der Waals surface area (Å²) in [6, 6.07) is 9.55. The molecule has 0 spiro atoms. The molecular weight excluding hydrogens is 282 g/mol. The van der Waals surface area contributed by atoms with Crippen molar-refractivity contribution in [1.82, 2.24) is 4.90 Å². The van der Waals surface area contributed by atoms with Crippen molar-refractivity contribution in [3.8, 4) is 0 Å². The number of hydrogen-bond acceptors (Lipinski definition) is 3. The second-order valence-electron chi connectivity index (χ2n) is 5.56. The number of aliphatic carboxylic acids is 1. The molecule has 118 valence electrons. The summed E-state index contributed by atoms with van der Waals surface area (Å²) in [7, 11) is 1.46. The Morgan fingerprint density at radius 2 is 2.05 bits per heavy atom. The molecule has 0 radical (unpaired) electrons. The number of rotatable bonds is 5. The highest BCUT2D eigenvalue weighted by atomic mass is 16.5. The van der Waals surface area contributed by atoms with Crippen LogP contribution in [0.2, 0.25) is 0 Å². The lowest BCUT2D eigenvalue weighted by atomic mass is 9.97. The molecule has 1 saturated heterocycles. The zero-order valence-electron chi connectivity index (χ0n) is 12.9. The Bertz CT molecular complexity index is 582. The Morgan fingerprint density at radius 3 is 2.64 bits per heavy atom. The monoisotopic (exact) mass is 303 g/mol. The normalized spacial score (nSPS) is 21.9. The van der Waals surface area contributed by atoms with Crippen molar-refractivity contribution in [2.45, 2.75) is 25.3 Å². The molecule has 0 aromatic heterocycles. The van der Waals surface area contributed by atoms with Crippen molar-refractivity contribution in [2.24, 2.45) is 0 Å². The molecule has 1 aromatic carbocycles. The van der Waals surface area contributed by atoms with Gasteiger partial charge < -0.3 is 14.7 Å². The number of nitrogens with zero attached hydrogens (tertiary/aromatic N) is 1. The van der Waals surface area contributed by atoms with Crippen LogP contribution in [0.25, 0.3) is 5.57 Å². The number of likely N-dealkylation sites (tertiary alicyclic amines) is 1. The number of allylic oxidation sites excluding steroid dienone is 1. The Labute approximate surface area is 130 Å². The first-order chi connectivity index (χ1) is 10.5. The molecule has 1 aliphatic heterocycles. The van der Waals surface area contributed by atoms with Crippen LogP contribution in [-0.2, 0) is 14.3 Å². The molecule has 1 fully saturated rings. The van der Waals surface area contributed by atoms with Gasteiger partial charge >= 0.3 is 5.97 Å². The number of benzene rings is 1. The third-order valence-corrected chi connectivity index (χ3v) is 4.11. The van der Waals surface area contributed by atoms with Crippen LogP contribution in [0.15, 0.2) is 36.4 Å². The van der Waals surface area contributed by atoms with E-state index in [0.717, 1.165) is 11.1 Å². The van der Waals surface area contributed by atoms with Crippen molar-refractivity contribution < 1.29 is 19.4 Å². The molecule has 0 saturated carbocycles. The van der Waals surface area contributed by atoms with E-state index >= 15 is 0 Å². The molecule has 5 nitrogen and oxygen atoms in total. The summed E-state index contributed by atoms with van der Waals surface area (Å²) in [4.78, 5) is 25.7. The average molecular weight is 303 g/mol. The van der Waals surface area contributed by atoms with Gasteiger partial charge in [-0.25, -0.2) is 4.79 Å². The van der Waals surface area contributed by atoms with Gasteiger partial charge in [0.05, 0.1) is 6.61 Å². The zero-order valence-corrected chi connectivity index (χ0v) is 12.9. The van der Waals surface area contributed by atoms with Crippen LogP contribution in [-0.4, -0.2) is 47.7 Å². The van der Waals surface area contributed by atoms with E-state index in [1.54, 1.807) is 0 Å². The van der Waals surface area contributed by atoms with E-state index in [1.165, 1.54) is 18.1 Å². The quantitative estimate of drug-likeness (QED) is 0.847. The highest BCUT2D eigenvalue weighted by molar-refractivity contribution is 5.98. The van der Waals surface area contributed by atoms with E-state index in [-0.39, 0.29) is 12.5 Å². The number of carboxylic acid groups (broad SMARTS) is 1. The smallest absolute Gasteiger partial charge is 0.332 e. The molecule has 1 amide bonds. The standard InChI is InChI=1S/C17H21NO4/c1-13(14-7-4-3-5-8-14)11-15(19)18-10-6-9-17(18,12-22-2)16(20)21/h3-5,7-8,11H,6,9-10,12H2,1-2H3,(H,20,21)/b13-11+. The van der Waals surface area contributed by atoms with Gasteiger partial charge in [-0.05, 0) is 30.9 Å². The van der Waals surface area contributed by atoms with Crippen molar-refractivity contribution >= 4 is 17.4 Å². The summed E-state index contributed by atoms with van der Waals surface area (Å²) in [5, 5.41) is 9.57. The minimum absolute atomic E-state index is 0.00625. The Kier molecular flexibility index (Phi) is 4.98. The number of carboxylic acids is 1. The maximum absolute atomic E-state index is 12.6. The van der Waals surface area contributed by atoms with Gasteiger partial charge in [0.1, 0.15) is 0 Å². The largest absolute Gasteiger partial charge is 0.479 e. The Morgan fingerprint density at radius 1 is 1.36 bits per heavy atom. The molecule has 2 rings (SSSR count). The van der Waals surface area contributed by atoms with Crippen molar-refractivity contribution in [2.75, 3.05) is 20.3 Å². The minimum Gasteiger partial charge on any atom is -0.479 e. The van der Waals surface area contributed by atoms with E-state index in [9.17, 15) is 14.7 Å². The predicted octanol–water partition coefficient (Wildman–Crippen LogP) is 2.18. The minimum atomic E-state index is -1.25. The maximum atomic E-state index is 12.6. The van der Waals surface area contributed by atoms with Crippen molar-refractivity contribution in [3.63, 3.8) is 0 Å². The lowest BCUT2D eigenvalue weighted by Gasteiger charge is -2.33. The first kappa shape index (κ1) is 16.2. The third-order valence-electron chi connectivity index (χ3n) is 4.11. The fourth-order valence-electron chi connectivity index (χ4n) is 2.92. The van der Waals surface area contributed by atoms with Gasteiger partial charge in [0.15, 0.2) is 5.54 Å². The number of ether oxygens (including phenoxy) is 1. The van der Waals surface area contributed by atoms with Crippen LogP contribution in [0, 0.1) is 0 Å². The van der Waals surface area contributed by atoms with Crippen LogP contribution in [0.4, 0.5) is 0 Å². The second-order valence-corrected chi connectivity index (χ2v) is 5.56. The molecule has 0 bridgehead atoms. The van der Waals surface area contributed by atoms with Gasteiger partial charge in [-0.15, -0.1) is 0 Å². The number of hydrogen-bond donors (Lipinski definition) is 1. The van der Waals surface area contributed by atoms with E-state index in [1.807, 2.05) is 37.3 Å². The highest BCUT2D eigenvalue weighted by Gasteiger charge is 2.49. The molecule has 0 aliphatic carbocycles. The van der Waals surface area contributed by atoms with Crippen molar-refractivity contribution in [1.29, 1.82) is 0 Å². The fourth-order valence-corrected chi connectivity index (χ4v) is 2.92. The molecule has 1 aliphatic rings. The van der Waals surface area contributed by atoms with Crippen LogP contribution < -0.4 is 0 Å². The number of carbonyl (C=O) groups is 2. The molecule has 1 heterocycles. The molecule has 5 heteroatoms. The molecular formula is C17H21NO4. The SMILES string of the molecule is COCC1(C(=O)O)CCCN1C(=O)/C=C(\C)c1ccccc1. The maximum Gasteiger partial charge on any atom is 0.332 e. The molecule has 22 heavy (non-hydrogen) atoms. The third kappa shape index (κ3) is 3.04. The summed E-state index contributed by atoms with van der Waals surface area (Å²) < 4.78 is 5.07. The average Bonchev–Trinajstić information content (AvgIpc) is 2.93. The zero-order chi connectivity index (χ0) is 16.2. The van der Waals surface area contributed by atoms with Gasteiger partial charge in [-0.3, -0.25) is 4.79 Å². The molecule has 1 N–H and O–H groups in total. The molecule has 1 atom stereocenters. The first-order valence-electron chi connectivity index (χ1n) is 7.29. The lowest BCUT2D eigenvalue weighted by Crippen LogP contribution is -2.55. The van der Waals surface area contributed by atoms with Crippen molar-refractivity contribution in [3.05, 3.63) is 42.0 Å². The summed E-state index contributed by atoms with van der Waals surface area (Å²) in [6.45, 7) is 2.29. The number of amides is 1. The summed E-state index contributed by atoms with van der Waals surface area (Å²) in [6.07, 6.45) is 2.59. The Hall–Kier alpha value is -2.14. The second kappa shape index (κ2) is 6.75. The highest BCUT2D eigenvalue weighted by Crippen LogP contribution is 2.31. The van der Waals surface area contributed by atoms with E-state index in [2.05, 4.69) is 0 Å². The summed E-state index contributed by atoms with van der Waals surface area (Å²) >= 11 is 0. The fraction of sp³-hybridized carbons (Fsp3) is 0.412. The molecule has 1 unspecified atom stereocenters. The summed E-state index contributed by atoms with van der Waals surface area (Å²) in [5.74, 6) is -1.29. The Balaban J connectivity index is 2.26. The van der Waals surface area contributed by atoms with Crippen LogP contribution in [0.1, 0.15) is 25.3 Å². The summed E-state index contributed by atoms with van der Waals surface area (Å²) in [5.41, 5.74) is 0.510. The topological polar surface area (TPSA) is 66.8 Å². The van der Waals surface area contributed by atoms with Crippen LogP contribution >= 0.6 is 0 Å². The number of methoxy groups -OCH3 is 1. The van der Waals surface area contributed by atoms with Gasteiger partial charge in [0.2, 0.25) is 5.91 Å². The van der Waals surface area contributed by atoms with Gasteiger partial charge in [0, 0.05) is 19.7 Å². The van der Waals surface area contributed by atoms with Crippen LogP contribution in [0.5, 0.6) is 0 Å². The van der Waals surface area contributed by atoms with E-state index in [0.29, 0.717) is 19.4 Å². The predicted molar refractivity (Wildman–Crippen MR) is 83.3 cm³/mol. The lowest BCUT2D eigenvalue weighted by molar-refractivity contribution is -0.158. The van der Waals surface area contributed by atoms with E-state index in [4.69, 9.17) is 4.74 Å². The first-order valence-corrected chi connectivity index (χ1v) is 7.29. The van der Waals surface area contributed by atoms with Gasteiger partial charge in [0.25, 0.3) is 0 Å². The van der Waals surface area contributed by atoms with E-state index < -0.39 is 11.5 Å². The van der Waals surface area contributed by atoms with Gasteiger partial charge in [-0.1, -0.05) is 30.3 Å². The van der Waals surface area contributed by atoms with Crippen LogP contribution in [0.3, 0.4) is 0 Å². The van der Waals surface area contributed by atoms with Gasteiger partial charge in [-0.2, -0.15) is 0 Å².